The van der Waals surface area contributed by atoms with Crippen molar-refractivity contribution in [2.45, 2.75) is 62.9 Å². The zero-order valence-electron chi connectivity index (χ0n) is 25.5. The Kier molecular flexibility index (Phi) is 13.8. The van der Waals surface area contributed by atoms with Crippen LogP contribution in [0.1, 0.15) is 37.0 Å². The van der Waals surface area contributed by atoms with Crippen LogP contribution in [-0.4, -0.2) is 117 Å². The number of carboxylic acids is 1. The lowest BCUT2D eigenvalue weighted by Crippen LogP contribution is -2.68. The van der Waals surface area contributed by atoms with Gasteiger partial charge in [0.1, 0.15) is 18.0 Å². The van der Waals surface area contributed by atoms with Gasteiger partial charge in [-0.25, -0.2) is 4.79 Å². The van der Waals surface area contributed by atoms with E-state index >= 15 is 0 Å². The standard InChI is InChI=1S/C31H41N3O11S/c1-18(35)32-12-15-46-14-3-13-44-31(30(42)43)16-24(38)26(34-19(2)36)28(45-31)27(40)25(39)17-33-29(41)22-6-4-20(5-7-22)21-8-10-23(37)11-9-21/h4-11,24-28,37-40H,3,12-17H2,1-2H3,(H,32,35)(H,33,41)(H,34,36)(H,42,43)/t24-,25+,26+,27+,28+,31+/m0/s1. The minimum atomic E-state index is -2.39. The molecular weight excluding hydrogens is 622 g/mol. The number of amides is 3. The maximum absolute atomic E-state index is 12.8. The van der Waals surface area contributed by atoms with E-state index in [2.05, 4.69) is 16.0 Å². The molecule has 2 aromatic rings. The number of aliphatic hydroxyl groups excluding tert-OH is 3. The summed E-state index contributed by atoms with van der Waals surface area (Å²) in [6.45, 7) is 2.51. The van der Waals surface area contributed by atoms with E-state index in [-0.39, 0.29) is 23.8 Å². The van der Waals surface area contributed by atoms with E-state index in [1.54, 1.807) is 48.5 Å². The molecule has 0 radical (unpaired) electrons. The fourth-order valence-corrected chi connectivity index (χ4v) is 5.63. The van der Waals surface area contributed by atoms with E-state index in [0.29, 0.717) is 24.5 Å². The molecule has 2 aromatic carbocycles. The zero-order valence-corrected chi connectivity index (χ0v) is 26.4. The predicted octanol–water partition coefficient (Wildman–Crippen LogP) is 0.222. The van der Waals surface area contributed by atoms with E-state index in [1.165, 1.54) is 25.6 Å². The van der Waals surface area contributed by atoms with Crippen LogP contribution in [0.4, 0.5) is 0 Å². The lowest BCUT2D eigenvalue weighted by Gasteiger charge is -2.46. The van der Waals surface area contributed by atoms with Crippen LogP contribution in [0.25, 0.3) is 11.1 Å². The third kappa shape index (κ3) is 10.4. The van der Waals surface area contributed by atoms with E-state index < -0.39 is 67.0 Å². The Labute approximate surface area is 270 Å². The van der Waals surface area contributed by atoms with Crippen LogP contribution < -0.4 is 16.0 Å². The number of phenolic OH excluding ortho intramolecular Hbond substituents is 1. The van der Waals surface area contributed by atoms with E-state index in [0.717, 1.165) is 11.1 Å². The second kappa shape index (κ2) is 17.3. The van der Waals surface area contributed by atoms with Gasteiger partial charge >= 0.3 is 5.97 Å². The lowest BCUT2D eigenvalue weighted by molar-refractivity contribution is -0.310. The number of carboxylic acid groups (broad SMARTS) is 1. The molecule has 3 amide bonds. The number of thioether (sulfide) groups is 1. The summed E-state index contributed by atoms with van der Waals surface area (Å²) in [6, 6.07) is 11.8. The van der Waals surface area contributed by atoms with Gasteiger partial charge in [-0.2, -0.15) is 11.8 Å². The van der Waals surface area contributed by atoms with Crippen LogP contribution in [0.5, 0.6) is 5.75 Å². The minimum Gasteiger partial charge on any atom is -0.508 e. The fraction of sp³-hybridized carbons (Fsp3) is 0.484. The third-order valence-electron chi connectivity index (χ3n) is 7.21. The van der Waals surface area contributed by atoms with Crippen LogP contribution >= 0.6 is 11.8 Å². The highest BCUT2D eigenvalue weighted by Gasteiger charge is 2.55. The van der Waals surface area contributed by atoms with Crippen LogP contribution in [-0.2, 0) is 23.9 Å². The van der Waals surface area contributed by atoms with Crippen molar-refractivity contribution >= 4 is 35.5 Å². The average molecular weight is 664 g/mol. The molecule has 1 aliphatic heterocycles. The second-order valence-corrected chi connectivity index (χ2v) is 12.1. The fourth-order valence-electron chi connectivity index (χ4n) is 4.86. The summed E-state index contributed by atoms with van der Waals surface area (Å²) < 4.78 is 11.4. The molecule has 0 aromatic heterocycles. The van der Waals surface area contributed by atoms with Crippen molar-refractivity contribution in [1.82, 2.24) is 16.0 Å². The third-order valence-corrected chi connectivity index (χ3v) is 8.28. The van der Waals surface area contributed by atoms with E-state index in [9.17, 15) is 44.7 Å². The molecule has 1 aliphatic rings. The van der Waals surface area contributed by atoms with Crippen molar-refractivity contribution in [3.05, 3.63) is 54.1 Å². The van der Waals surface area contributed by atoms with Crippen molar-refractivity contribution in [2.24, 2.45) is 0 Å². The Hall–Kier alpha value is -3.73. The van der Waals surface area contributed by atoms with Crippen molar-refractivity contribution < 1.29 is 54.2 Å². The summed E-state index contributed by atoms with van der Waals surface area (Å²) in [7, 11) is 0. The van der Waals surface area contributed by atoms with Crippen molar-refractivity contribution in [3.63, 3.8) is 0 Å². The predicted molar refractivity (Wildman–Crippen MR) is 168 cm³/mol. The van der Waals surface area contributed by atoms with Crippen molar-refractivity contribution in [2.75, 3.05) is 31.2 Å². The number of phenols is 1. The molecule has 0 aliphatic carbocycles. The number of rotatable bonds is 16. The molecule has 46 heavy (non-hydrogen) atoms. The summed E-state index contributed by atoms with van der Waals surface area (Å²) in [5.41, 5.74) is 1.89. The first-order valence-electron chi connectivity index (χ1n) is 14.7. The molecule has 0 spiro atoms. The highest BCUT2D eigenvalue weighted by Crippen LogP contribution is 2.34. The molecule has 252 valence electrons. The maximum Gasteiger partial charge on any atom is 0.364 e. The number of hydrogen-bond donors (Lipinski definition) is 8. The molecule has 8 N–H and O–H groups in total. The summed E-state index contributed by atoms with van der Waals surface area (Å²) in [4.78, 5) is 48.0. The largest absolute Gasteiger partial charge is 0.508 e. The summed E-state index contributed by atoms with van der Waals surface area (Å²) in [5.74, 6) is -3.90. The number of aliphatic hydroxyl groups is 3. The first-order chi connectivity index (χ1) is 21.8. The Bertz CT molecular complexity index is 1330. The Morgan fingerprint density at radius 3 is 2.20 bits per heavy atom. The molecule has 6 atom stereocenters. The molecule has 1 heterocycles. The smallest absolute Gasteiger partial charge is 0.364 e. The normalized spacial score (nSPS) is 22.3. The van der Waals surface area contributed by atoms with Crippen molar-refractivity contribution in [1.29, 1.82) is 0 Å². The SMILES string of the molecule is CC(=O)NCCSCCCO[C@]1(C(=O)O)C[C@H](O)[C@@H](NC(C)=O)[C@H]([C@H](O)[C@H](O)CNC(=O)c2ccc(-c3ccc(O)cc3)cc2)O1. The van der Waals surface area contributed by atoms with Gasteiger partial charge in [-0.15, -0.1) is 0 Å². The highest BCUT2D eigenvalue weighted by atomic mass is 32.2. The maximum atomic E-state index is 12.8. The van der Waals surface area contributed by atoms with Gasteiger partial charge in [-0.3, -0.25) is 14.4 Å². The Balaban J connectivity index is 1.63. The van der Waals surface area contributed by atoms with Crippen LogP contribution in [0, 0.1) is 0 Å². The summed E-state index contributed by atoms with van der Waals surface area (Å²) >= 11 is 1.52. The van der Waals surface area contributed by atoms with Crippen LogP contribution in [0.3, 0.4) is 0 Å². The number of aliphatic carboxylic acids is 1. The number of nitrogens with one attached hydrogen (secondary N) is 3. The second-order valence-electron chi connectivity index (χ2n) is 10.8. The van der Waals surface area contributed by atoms with Gasteiger partial charge in [0.15, 0.2) is 0 Å². The van der Waals surface area contributed by atoms with E-state index in [1.807, 2.05) is 0 Å². The highest BCUT2D eigenvalue weighted by molar-refractivity contribution is 7.99. The van der Waals surface area contributed by atoms with Gasteiger partial charge in [0.2, 0.25) is 11.8 Å². The van der Waals surface area contributed by atoms with Crippen LogP contribution in [0.15, 0.2) is 48.5 Å². The molecule has 1 saturated heterocycles. The number of hydrogen-bond acceptors (Lipinski definition) is 11. The molecule has 0 bridgehead atoms. The number of ether oxygens (including phenoxy) is 2. The van der Waals surface area contributed by atoms with Crippen LogP contribution in [0.2, 0.25) is 0 Å². The Morgan fingerprint density at radius 1 is 0.978 bits per heavy atom. The first kappa shape index (κ1) is 36.7. The van der Waals surface area contributed by atoms with Gasteiger partial charge in [-0.1, -0.05) is 24.3 Å². The van der Waals surface area contributed by atoms with Gasteiger partial charge in [-0.05, 0) is 47.6 Å². The minimum absolute atomic E-state index is 0.0794. The molecule has 0 saturated carbocycles. The summed E-state index contributed by atoms with van der Waals surface area (Å²) in [6.07, 6.45) is -6.89. The quantitative estimate of drug-likeness (QED) is 0.113. The van der Waals surface area contributed by atoms with Gasteiger partial charge < -0.3 is 51.0 Å². The average Bonchev–Trinajstić information content (AvgIpc) is 3.01. The molecule has 3 rings (SSSR count). The van der Waals surface area contributed by atoms with Gasteiger partial charge in [0.05, 0.1) is 24.9 Å². The monoisotopic (exact) mass is 663 g/mol. The van der Waals surface area contributed by atoms with Crippen molar-refractivity contribution in [3.8, 4) is 16.9 Å². The summed E-state index contributed by atoms with van der Waals surface area (Å²) in [5, 5.41) is 59.9. The number of aromatic hydroxyl groups is 1. The lowest BCUT2D eigenvalue weighted by atomic mass is 9.88. The molecule has 1 fully saturated rings. The topological polar surface area (TPSA) is 224 Å². The molecule has 14 nitrogen and oxygen atoms in total. The van der Waals surface area contributed by atoms with Gasteiger partial charge in [0.25, 0.3) is 11.7 Å². The van der Waals surface area contributed by atoms with E-state index in [4.69, 9.17) is 9.47 Å². The number of benzene rings is 2. The Morgan fingerprint density at radius 2 is 1.61 bits per heavy atom. The molecule has 0 unspecified atom stereocenters. The van der Waals surface area contributed by atoms with Gasteiger partial charge in [0, 0.05) is 44.7 Å². The molecule has 15 heteroatoms. The number of carbonyl (C=O) groups excluding carboxylic acids is 3. The number of carbonyl (C=O) groups is 4. The molecular formula is C31H41N3O11S. The first-order valence-corrected chi connectivity index (χ1v) is 15.8. The zero-order chi connectivity index (χ0) is 33.9.